The summed E-state index contributed by atoms with van der Waals surface area (Å²) in [6, 6.07) is 7.55. The fraction of sp³-hybridized carbons (Fsp3) is 0.500. The van der Waals surface area contributed by atoms with Gasteiger partial charge in [-0.3, -0.25) is 4.79 Å². The number of carbonyl (C=O) groups excluding carboxylic acids is 1. The maximum atomic E-state index is 12.1. The quantitative estimate of drug-likeness (QED) is 0.602. The molecule has 0 aliphatic heterocycles. The number of benzene rings is 1. The van der Waals surface area contributed by atoms with Crippen LogP contribution in [0.3, 0.4) is 0 Å². The smallest absolute Gasteiger partial charge is 0.267 e. The molecule has 0 bridgehead atoms. The average Bonchev–Trinajstić information content (AvgIpc) is 2.34. The Labute approximate surface area is 134 Å². The van der Waals surface area contributed by atoms with Crippen molar-refractivity contribution in [2.75, 3.05) is 0 Å². The van der Waals surface area contributed by atoms with Gasteiger partial charge in [0.25, 0.3) is 5.91 Å². The lowest BCUT2D eigenvalue weighted by molar-refractivity contribution is 0.0953. The molecule has 2 rings (SSSR count). The fourth-order valence-corrected chi connectivity index (χ4v) is 3.67. The van der Waals surface area contributed by atoms with E-state index < -0.39 is 0 Å². The number of amides is 1. The van der Waals surface area contributed by atoms with Crippen LogP contribution in [0.5, 0.6) is 0 Å². The molecule has 1 aliphatic rings. The molecular formula is C16H21IN2O. The number of halogens is 1. The molecule has 0 spiro atoms. The van der Waals surface area contributed by atoms with E-state index in [0.29, 0.717) is 11.5 Å². The van der Waals surface area contributed by atoms with E-state index in [-0.39, 0.29) is 11.3 Å². The van der Waals surface area contributed by atoms with Gasteiger partial charge in [0.1, 0.15) is 0 Å². The lowest BCUT2D eigenvalue weighted by Crippen LogP contribution is -2.30. The van der Waals surface area contributed by atoms with Crippen LogP contribution in [0.4, 0.5) is 0 Å². The largest absolute Gasteiger partial charge is 0.272 e. The van der Waals surface area contributed by atoms with Crippen molar-refractivity contribution in [3.05, 3.63) is 33.4 Å². The normalized spacial score (nSPS) is 23.6. The van der Waals surface area contributed by atoms with E-state index >= 15 is 0 Å². The molecule has 1 amide bonds. The van der Waals surface area contributed by atoms with Gasteiger partial charge in [-0.05, 0) is 65.3 Å². The molecule has 0 radical (unpaired) electrons. The van der Waals surface area contributed by atoms with Crippen LogP contribution >= 0.6 is 22.6 Å². The highest BCUT2D eigenvalue weighted by atomic mass is 127. The van der Waals surface area contributed by atoms with Crippen LogP contribution in [-0.2, 0) is 0 Å². The summed E-state index contributed by atoms with van der Waals surface area (Å²) in [7, 11) is 0. The number of nitrogens with zero attached hydrogens (tertiary/aromatic N) is 1. The van der Waals surface area contributed by atoms with Crippen molar-refractivity contribution in [1.82, 2.24) is 5.43 Å². The second-order valence-corrected chi connectivity index (χ2v) is 7.62. The van der Waals surface area contributed by atoms with Crippen LogP contribution in [0.2, 0.25) is 0 Å². The van der Waals surface area contributed by atoms with E-state index in [9.17, 15) is 4.79 Å². The molecular weight excluding hydrogens is 363 g/mol. The monoisotopic (exact) mass is 384 g/mol. The number of carbonyl (C=O) groups is 1. The Morgan fingerprint density at radius 2 is 2.10 bits per heavy atom. The Kier molecular flexibility index (Phi) is 4.83. The molecule has 1 N–H and O–H groups in total. The fourth-order valence-electron chi connectivity index (χ4n) is 3.04. The predicted molar refractivity (Wildman–Crippen MR) is 90.9 cm³/mol. The Hall–Kier alpha value is -0.910. The highest BCUT2D eigenvalue weighted by molar-refractivity contribution is 14.1. The van der Waals surface area contributed by atoms with Gasteiger partial charge in [0.15, 0.2) is 0 Å². The van der Waals surface area contributed by atoms with Crippen molar-refractivity contribution in [3.63, 3.8) is 0 Å². The molecule has 0 aromatic heterocycles. The maximum Gasteiger partial charge on any atom is 0.272 e. The predicted octanol–water partition coefficient (Wildman–Crippen LogP) is 4.22. The summed E-state index contributed by atoms with van der Waals surface area (Å²) in [5.41, 5.74) is 4.78. The van der Waals surface area contributed by atoms with Gasteiger partial charge in [-0.1, -0.05) is 32.9 Å². The number of nitrogens with one attached hydrogen (secondary N) is 1. The summed E-state index contributed by atoms with van der Waals surface area (Å²) >= 11 is 2.17. The molecule has 1 unspecified atom stereocenters. The molecule has 1 aromatic carbocycles. The highest BCUT2D eigenvalue weighted by Gasteiger charge is 2.29. The van der Waals surface area contributed by atoms with Crippen LogP contribution < -0.4 is 5.43 Å². The standard InChI is InChI=1S/C16H21IN2O/c1-11-8-12(10-16(2,3)9-11)18-19-15(20)13-6-4-5-7-14(13)17/h4-7,11H,8-10H2,1-3H3,(H,19,20)/b18-12-. The molecule has 0 saturated heterocycles. The third-order valence-electron chi connectivity index (χ3n) is 3.60. The Bertz CT molecular complexity index is 537. The first-order valence-corrected chi connectivity index (χ1v) is 8.05. The second-order valence-electron chi connectivity index (χ2n) is 6.45. The van der Waals surface area contributed by atoms with Gasteiger partial charge in [-0.15, -0.1) is 0 Å². The number of hydrogen-bond donors (Lipinski definition) is 1. The molecule has 20 heavy (non-hydrogen) atoms. The van der Waals surface area contributed by atoms with Crippen molar-refractivity contribution < 1.29 is 4.79 Å². The van der Waals surface area contributed by atoms with Gasteiger partial charge in [-0.25, -0.2) is 5.43 Å². The summed E-state index contributed by atoms with van der Waals surface area (Å²) < 4.78 is 0.945. The maximum absolute atomic E-state index is 12.1. The minimum atomic E-state index is -0.126. The summed E-state index contributed by atoms with van der Waals surface area (Å²) in [6.07, 6.45) is 3.16. The van der Waals surface area contributed by atoms with E-state index in [0.717, 1.165) is 22.1 Å². The molecule has 4 heteroatoms. The van der Waals surface area contributed by atoms with Gasteiger partial charge in [0, 0.05) is 9.28 Å². The van der Waals surface area contributed by atoms with Gasteiger partial charge in [0.2, 0.25) is 0 Å². The zero-order chi connectivity index (χ0) is 14.8. The number of hydrogen-bond acceptors (Lipinski definition) is 2. The van der Waals surface area contributed by atoms with E-state index in [1.165, 1.54) is 6.42 Å². The van der Waals surface area contributed by atoms with Crippen molar-refractivity contribution in [2.24, 2.45) is 16.4 Å². The third kappa shape index (κ3) is 4.04. The molecule has 0 heterocycles. The van der Waals surface area contributed by atoms with Crippen LogP contribution in [0.15, 0.2) is 29.4 Å². The van der Waals surface area contributed by atoms with Gasteiger partial charge < -0.3 is 0 Å². The van der Waals surface area contributed by atoms with Gasteiger partial charge in [0.05, 0.1) is 5.56 Å². The molecule has 1 atom stereocenters. The first-order chi connectivity index (χ1) is 9.37. The number of rotatable bonds is 2. The van der Waals surface area contributed by atoms with Crippen LogP contribution in [-0.4, -0.2) is 11.6 Å². The van der Waals surface area contributed by atoms with Gasteiger partial charge in [-0.2, -0.15) is 5.10 Å². The summed E-state index contributed by atoms with van der Waals surface area (Å²) in [4.78, 5) is 12.1. The lowest BCUT2D eigenvalue weighted by Gasteiger charge is -2.34. The average molecular weight is 384 g/mol. The van der Waals surface area contributed by atoms with Crippen LogP contribution in [0.25, 0.3) is 0 Å². The van der Waals surface area contributed by atoms with Crippen molar-refractivity contribution in [3.8, 4) is 0 Å². The van der Waals surface area contributed by atoms with E-state index in [2.05, 4.69) is 53.9 Å². The first kappa shape index (κ1) is 15.5. The molecule has 3 nitrogen and oxygen atoms in total. The molecule has 1 saturated carbocycles. The molecule has 108 valence electrons. The Morgan fingerprint density at radius 1 is 1.40 bits per heavy atom. The topological polar surface area (TPSA) is 41.5 Å². The number of hydrazone groups is 1. The highest BCUT2D eigenvalue weighted by Crippen LogP contribution is 2.36. The van der Waals surface area contributed by atoms with Gasteiger partial charge >= 0.3 is 0 Å². The van der Waals surface area contributed by atoms with Crippen molar-refractivity contribution in [2.45, 2.75) is 40.0 Å². The zero-order valence-electron chi connectivity index (χ0n) is 12.2. The lowest BCUT2D eigenvalue weighted by atomic mass is 9.72. The van der Waals surface area contributed by atoms with Crippen LogP contribution in [0.1, 0.15) is 50.4 Å². The molecule has 1 aromatic rings. The van der Waals surface area contributed by atoms with E-state index in [4.69, 9.17) is 0 Å². The van der Waals surface area contributed by atoms with Crippen molar-refractivity contribution >= 4 is 34.2 Å². The molecule has 1 aliphatic carbocycles. The van der Waals surface area contributed by atoms with E-state index in [1.807, 2.05) is 24.3 Å². The van der Waals surface area contributed by atoms with Crippen LogP contribution in [0, 0.1) is 14.9 Å². The van der Waals surface area contributed by atoms with E-state index in [1.54, 1.807) is 0 Å². The summed E-state index contributed by atoms with van der Waals surface area (Å²) in [5, 5.41) is 4.36. The second kappa shape index (κ2) is 6.24. The minimum absolute atomic E-state index is 0.126. The Morgan fingerprint density at radius 3 is 2.75 bits per heavy atom. The zero-order valence-corrected chi connectivity index (χ0v) is 14.4. The SMILES string of the molecule is CC1C/C(=N/NC(=O)c2ccccc2I)CC(C)(C)C1. The third-order valence-corrected chi connectivity index (χ3v) is 4.54. The first-order valence-electron chi connectivity index (χ1n) is 6.98. The summed E-state index contributed by atoms with van der Waals surface area (Å²) in [5.74, 6) is 0.504. The molecule has 1 fully saturated rings. The Balaban J connectivity index is 2.06. The summed E-state index contributed by atoms with van der Waals surface area (Å²) in [6.45, 7) is 6.78. The van der Waals surface area contributed by atoms with Crippen molar-refractivity contribution in [1.29, 1.82) is 0 Å². The minimum Gasteiger partial charge on any atom is -0.267 e.